The van der Waals surface area contributed by atoms with E-state index in [9.17, 15) is 0 Å². The van der Waals surface area contributed by atoms with E-state index >= 15 is 0 Å². The number of halogens is 1. The maximum atomic E-state index is 3.44. The molecule has 0 unspecified atom stereocenters. The highest BCUT2D eigenvalue weighted by atomic mass is 79.9. The molecule has 0 atom stereocenters. The summed E-state index contributed by atoms with van der Waals surface area (Å²) in [6, 6.07) is 8.33. The average Bonchev–Trinajstić information content (AvgIpc) is 2.04. The van der Waals surface area contributed by atoms with Crippen LogP contribution in [0.4, 0.5) is 0 Å². The Bertz CT molecular complexity index is 287. The van der Waals surface area contributed by atoms with Crippen molar-refractivity contribution in [1.29, 1.82) is 0 Å². The molecule has 0 aliphatic carbocycles. The molecule has 1 aromatic carbocycles. The Labute approximate surface area is 82.4 Å². The zero-order valence-electron chi connectivity index (χ0n) is 7.47. The minimum absolute atomic E-state index is 1.12. The van der Waals surface area contributed by atoms with E-state index < -0.39 is 0 Å². The lowest BCUT2D eigenvalue weighted by Gasteiger charge is -1.97. The predicted molar refractivity (Wildman–Crippen MR) is 58.1 cm³/mol. The summed E-state index contributed by atoms with van der Waals surface area (Å²) in [4.78, 5) is 0. The van der Waals surface area contributed by atoms with Gasteiger partial charge in [-0.15, -0.1) is 0 Å². The summed E-state index contributed by atoms with van der Waals surface area (Å²) in [5.41, 5.74) is 2.68. The van der Waals surface area contributed by atoms with Crippen molar-refractivity contribution in [3.63, 3.8) is 0 Å². The van der Waals surface area contributed by atoms with Gasteiger partial charge in [-0.1, -0.05) is 46.6 Å². The van der Waals surface area contributed by atoms with Gasteiger partial charge in [0.2, 0.25) is 0 Å². The van der Waals surface area contributed by atoms with Gasteiger partial charge in [-0.05, 0) is 31.0 Å². The molecule has 1 aromatic rings. The molecule has 64 valence electrons. The van der Waals surface area contributed by atoms with Gasteiger partial charge >= 0.3 is 0 Å². The number of hydrogen-bond acceptors (Lipinski definition) is 0. The van der Waals surface area contributed by atoms with Gasteiger partial charge in [0.1, 0.15) is 0 Å². The first-order valence-electron chi connectivity index (χ1n) is 4.15. The normalized spacial score (nSPS) is 11.8. The highest BCUT2D eigenvalue weighted by Gasteiger charge is 1.90. The van der Waals surface area contributed by atoms with Crippen LogP contribution in [-0.2, 0) is 0 Å². The molecule has 0 aromatic heterocycles. The Hall–Kier alpha value is -0.560. The quantitative estimate of drug-likeness (QED) is 0.705. The molecular formula is C11H13Br. The fourth-order valence-corrected chi connectivity index (χ4v) is 1.40. The van der Waals surface area contributed by atoms with Gasteiger partial charge < -0.3 is 0 Å². The molecule has 0 N–H and O–H groups in total. The Morgan fingerprint density at radius 2 is 2.25 bits per heavy atom. The molecule has 0 saturated carbocycles. The summed E-state index contributed by atoms with van der Waals surface area (Å²) in [5.74, 6) is 0. The van der Waals surface area contributed by atoms with Crippen molar-refractivity contribution in [2.24, 2.45) is 0 Å². The average molecular weight is 225 g/mol. The number of hydrogen-bond donors (Lipinski definition) is 0. The van der Waals surface area contributed by atoms with E-state index in [-0.39, 0.29) is 0 Å². The summed E-state index contributed by atoms with van der Waals surface area (Å²) in [6.07, 6.45) is 3.33. The van der Waals surface area contributed by atoms with Crippen LogP contribution in [0, 0.1) is 0 Å². The van der Waals surface area contributed by atoms with E-state index in [0.29, 0.717) is 0 Å². The third-order valence-corrected chi connectivity index (χ3v) is 2.31. The summed E-state index contributed by atoms with van der Waals surface area (Å²) < 4.78 is 1.14. The van der Waals surface area contributed by atoms with Crippen LogP contribution in [0.2, 0.25) is 0 Å². The second-order valence-corrected chi connectivity index (χ2v) is 3.81. The van der Waals surface area contributed by atoms with Crippen molar-refractivity contribution in [2.75, 3.05) is 0 Å². The Kier molecular flexibility index (Phi) is 3.54. The molecule has 12 heavy (non-hydrogen) atoms. The highest BCUT2D eigenvalue weighted by molar-refractivity contribution is 9.10. The van der Waals surface area contributed by atoms with Crippen LogP contribution in [0.1, 0.15) is 25.8 Å². The highest BCUT2D eigenvalue weighted by Crippen LogP contribution is 2.14. The first-order valence-corrected chi connectivity index (χ1v) is 4.94. The van der Waals surface area contributed by atoms with Crippen LogP contribution in [0.25, 0.3) is 6.08 Å². The van der Waals surface area contributed by atoms with Gasteiger partial charge in [-0.3, -0.25) is 0 Å². The van der Waals surface area contributed by atoms with Gasteiger partial charge in [0.15, 0.2) is 0 Å². The summed E-state index contributed by atoms with van der Waals surface area (Å²) in [5, 5.41) is 0. The number of rotatable bonds is 2. The summed E-state index contributed by atoms with van der Waals surface area (Å²) in [6.45, 7) is 4.32. The fourth-order valence-electron chi connectivity index (χ4n) is 0.983. The van der Waals surface area contributed by atoms with Crippen molar-refractivity contribution < 1.29 is 0 Å². The van der Waals surface area contributed by atoms with Crippen LogP contribution in [0.5, 0.6) is 0 Å². The second kappa shape index (κ2) is 4.46. The summed E-state index contributed by atoms with van der Waals surface area (Å²) in [7, 11) is 0. The minimum atomic E-state index is 1.12. The molecule has 0 saturated heterocycles. The van der Waals surface area contributed by atoms with E-state index in [2.05, 4.69) is 54.1 Å². The molecule has 0 amide bonds. The van der Waals surface area contributed by atoms with Crippen LogP contribution < -0.4 is 0 Å². The van der Waals surface area contributed by atoms with Crippen LogP contribution in [-0.4, -0.2) is 0 Å². The van der Waals surface area contributed by atoms with Crippen molar-refractivity contribution in [2.45, 2.75) is 20.3 Å². The van der Waals surface area contributed by atoms with Crippen molar-refractivity contribution in [1.82, 2.24) is 0 Å². The number of benzene rings is 1. The topological polar surface area (TPSA) is 0 Å². The lowest BCUT2D eigenvalue weighted by atomic mass is 10.1. The number of allylic oxidation sites excluding steroid dienone is 1. The predicted octanol–water partition coefficient (Wildman–Crippen LogP) is 4.26. The molecular weight excluding hydrogens is 212 g/mol. The monoisotopic (exact) mass is 224 g/mol. The molecule has 0 fully saturated rings. The van der Waals surface area contributed by atoms with Gasteiger partial charge in [0, 0.05) is 4.47 Å². The zero-order valence-corrected chi connectivity index (χ0v) is 9.06. The van der Waals surface area contributed by atoms with E-state index in [1.807, 2.05) is 6.07 Å². The van der Waals surface area contributed by atoms with E-state index in [4.69, 9.17) is 0 Å². The molecule has 0 aliphatic heterocycles. The van der Waals surface area contributed by atoms with E-state index in [0.717, 1.165) is 10.9 Å². The Balaban J connectivity index is 2.89. The molecule has 0 radical (unpaired) electrons. The first-order chi connectivity index (χ1) is 5.72. The lowest BCUT2D eigenvalue weighted by molar-refractivity contribution is 1.11. The molecule has 1 rings (SSSR count). The molecule has 1 heteroatoms. The standard InChI is InChI=1S/C11H13Br/c1-3-9(2)7-10-5-4-6-11(12)8-10/h4-8H,3H2,1-2H3/b9-7-. The molecule has 0 aliphatic rings. The van der Waals surface area contributed by atoms with Gasteiger partial charge in [0.25, 0.3) is 0 Å². The first kappa shape index (κ1) is 9.53. The van der Waals surface area contributed by atoms with Crippen LogP contribution in [0.3, 0.4) is 0 Å². The van der Waals surface area contributed by atoms with Crippen LogP contribution in [0.15, 0.2) is 34.3 Å². The van der Waals surface area contributed by atoms with Gasteiger partial charge in [-0.2, -0.15) is 0 Å². The third-order valence-electron chi connectivity index (χ3n) is 1.82. The van der Waals surface area contributed by atoms with Crippen molar-refractivity contribution in [3.05, 3.63) is 39.9 Å². The largest absolute Gasteiger partial charge is 0.0730 e. The maximum absolute atomic E-state index is 3.44. The van der Waals surface area contributed by atoms with Crippen LogP contribution >= 0.6 is 15.9 Å². The van der Waals surface area contributed by atoms with E-state index in [1.54, 1.807) is 0 Å². The van der Waals surface area contributed by atoms with Gasteiger partial charge in [-0.25, -0.2) is 0 Å². The minimum Gasteiger partial charge on any atom is -0.0730 e. The second-order valence-electron chi connectivity index (χ2n) is 2.90. The summed E-state index contributed by atoms with van der Waals surface area (Å²) >= 11 is 3.44. The molecule has 0 spiro atoms. The lowest BCUT2D eigenvalue weighted by Crippen LogP contribution is -1.75. The Morgan fingerprint density at radius 1 is 1.50 bits per heavy atom. The third kappa shape index (κ3) is 2.82. The van der Waals surface area contributed by atoms with E-state index in [1.165, 1.54) is 11.1 Å². The molecule has 0 heterocycles. The zero-order chi connectivity index (χ0) is 8.97. The van der Waals surface area contributed by atoms with Crippen molar-refractivity contribution in [3.8, 4) is 0 Å². The smallest absolute Gasteiger partial charge is 0.0181 e. The Morgan fingerprint density at radius 3 is 2.83 bits per heavy atom. The fraction of sp³-hybridized carbons (Fsp3) is 0.273. The molecule has 0 nitrogen and oxygen atoms in total. The molecule has 0 bridgehead atoms. The maximum Gasteiger partial charge on any atom is 0.0181 e. The SMILES string of the molecule is CC/C(C)=C\c1cccc(Br)c1. The van der Waals surface area contributed by atoms with Crippen molar-refractivity contribution >= 4 is 22.0 Å². The van der Waals surface area contributed by atoms with Gasteiger partial charge in [0.05, 0.1) is 0 Å².